The minimum absolute atomic E-state index is 0.104. The van der Waals surface area contributed by atoms with Gasteiger partial charge in [-0.1, -0.05) is 20.8 Å². The molecule has 0 atom stereocenters. The molecule has 0 saturated heterocycles. The SMILES string of the molecule is CCOC(=O)C=C(N)CC(C)(C)C. The molecule has 0 saturated carbocycles. The monoisotopic (exact) mass is 185 g/mol. The fourth-order valence-electron chi connectivity index (χ4n) is 0.999. The Labute approximate surface area is 79.9 Å². The quantitative estimate of drug-likeness (QED) is 0.539. The Hall–Kier alpha value is -0.990. The largest absolute Gasteiger partial charge is 0.463 e. The molecular weight excluding hydrogens is 166 g/mol. The van der Waals surface area contributed by atoms with E-state index in [4.69, 9.17) is 10.5 Å². The van der Waals surface area contributed by atoms with E-state index in [1.165, 1.54) is 6.08 Å². The van der Waals surface area contributed by atoms with Crippen molar-refractivity contribution in [1.82, 2.24) is 0 Å². The van der Waals surface area contributed by atoms with Crippen LogP contribution in [0.4, 0.5) is 0 Å². The maximum absolute atomic E-state index is 11.0. The van der Waals surface area contributed by atoms with E-state index in [0.717, 1.165) is 0 Å². The highest BCUT2D eigenvalue weighted by atomic mass is 16.5. The lowest BCUT2D eigenvalue weighted by molar-refractivity contribution is -0.137. The summed E-state index contributed by atoms with van der Waals surface area (Å²) >= 11 is 0. The van der Waals surface area contributed by atoms with Gasteiger partial charge < -0.3 is 10.5 Å². The first kappa shape index (κ1) is 12.0. The van der Waals surface area contributed by atoms with E-state index in [1.54, 1.807) is 6.92 Å². The zero-order valence-electron chi connectivity index (χ0n) is 8.89. The third-order valence-electron chi connectivity index (χ3n) is 1.32. The van der Waals surface area contributed by atoms with Crippen LogP contribution >= 0.6 is 0 Å². The second-order valence-corrected chi connectivity index (χ2v) is 4.21. The summed E-state index contributed by atoms with van der Waals surface area (Å²) < 4.78 is 4.73. The molecule has 0 unspecified atom stereocenters. The minimum Gasteiger partial charge on any atom is -0.463 e. The summed E-state index contributed by atoms with van der Waals surface area (Å²) in [6.45, 7) is 8.36. The zero-order valence-corrected chi connectivity index (χ0v) is 8.89. The number of rotatable bonds is 3. The molecule has 0 radical (unpaired) electrons. The number of ether oxygens (including phenoxy) is 1. The average Bonchev–Trinajstić information content (AvgIpc) is 1.81. The summed E-state index contributed by atoms with van der Waals surface area (Å²) in [6.07, 6.45) is 2.06. The highest BCUT2D eigenvalue weighted by Gasteiger charge is 2.12. The van der Waals surface area contributed by atoms with Crippen molar-refractivity contribution in [1.29, 1.82) is 0 Å². The predicted molar refractivity (Wildman–Crippen MR) is 53.0 cm³/mol. The van der Waals surface area contributed by atoms with Gasteiger partial charge in [-0.2, -0.15) is 0 Å². The molecule has 0 aromatic carbocycles. The number of allylic oxidation sites excluding steroid dienone is 1. The van der Waals surface area contributed by atoms with E-state index in [-0.39, 0.29) is 11.4 Å². The van der Waals surface area contributed by atoms with Crippen molar-refractivity contribution in [2.75, 3.05) is 6.61 Å². The molecule has 76 valence electrons. The standard InChI is InChI=1S/C10H19NO2/c1-5-13-9(12)6-8(11)7-10(2,3)4/h6H,5,7,11H2,1-4H3. The molecule has 0 rings (SSSR count). The van der Waals surface area contributed by atoms with Crippen molar-refractivity contribution in [3.8, 4) is 0 Å². The van der Waals surface area contributed by atoms with Gasteiger partial charge in [0.05, 0.1) is 6.61 Å². The van der Waals surface area contributed by atoms with Crippen molar-refractivity contribution in [2.24, 2.45) is 11.1 Å². The smallest absolute Gasteiger partial charge is 0.332 e. The van der Waals surface area contributed by atoms with E-state index in [2.05, 4.69) is 20.8 Å². The van der Waals surface area contributed by atoms with Crippen LogP contribution in [-0.2, 0) is 9.53 Å². The van der Waals surface area contributed by atoms with Crippen LogP contribution in [0.1, 0.15) is 34.1 Å². The van der Waals surface area contributed by atoms with Crippen molar-refractivity contribution in [3.05, 3.63) is 11.8 Å². The second-order valence-electron chi connectivity index (χ2n) is 4.21. The summed E-state index contributed by atoms with van der Waals surface area (Å²) in [6, 6.07) is 0. The normalized spacial score (nSPS) is 12.8. The molecule has 0 fully saturated rings. The third kappa shape index (κ3) is 7.37. The van der Waals surface area contributed by atoms with Gasteiger partial charge >= 0.3 is 5.97 Å². The fourth-order valence-corrected chi connectivity index (χ4v) is 0.999. The Kier molecular flexibility index (Phi) is 4.52. The van der Waals surface area contributed by atoms with Crippen LogP contribution in [0.5, 0.6) is 0 Å². The molecule has 3 heteroatoms. The summed E-state index contributed by atoms with van der Waals surface area (Å²) in [5, 5.41) is 0. The first-order valence-electron chi connectivity index (χ1n) is 4.48. The van der Waals surface area contributed by atoms with Crippen LogP contribution in [-0.4, -0.2) is 12.6 Å². The topological polar surface area (TPSA) is 52.3 Å². The van der Waals surface area contributed by atoms with Crippen LogP contribution in [0.2, 0.25) is 0 Å². The number of nitrogens with two attached hydrogens (primary N) is 1. The van der Waals surface area contributed by atoms with Gasteiger partial charge in [-0.15, -0.1) is 0 Å². The predicted octanol–water partition coefficient (Wildman–Crippen LogP) is 1.83. The molecule has 0 aliphatic heterocycles. The van der Waals surface area contributed by atoms with Gasteiger partial charge in [0.2, 0.25) is 0 Å². The van der Waals surface area contributed by atoms with E-state index in [9.17, 15) is 4.79 Å². The molecule has 0 amide bonds. The van der Waals surface area contributed by atoms with E-state index < -0.39 is 0 Å². The van der Waals surface area contributed by atoms with Gasteiger partial charge in [0.25, 0.3) is 0 Å². The molecular formula is C10H19NO2. The van der Waals surface area contributed by atoms with Gasteiger partial charge in [-0.05, 0) is 18.8 Å². The maximum Gasteiger partial charge on any atom is 0.332 e. The van der Waals surface area contributed by atoms with Crippen LogP contribution in [0.3, 0.4) is 0 Å². The Bertz CT molecular complexity index is 201. The number of hydrogen-bond donors (Lipinski definition) is 1. The number of carbonyl (C=O) groups is 1. The molecule has 0 aliphatic carbocycles. The number of esters is 1. The van der Waals surface area contributed by atoms with Crippen molar-refractivity contribution in [3.63, 3.8) is 0 Å². The lowest BCUT2D eigenvalue weighted by Gasteiger charge is -2.17. The van der Waals surface area contributed by atoms with E-state index >= 15 is 0 Å². The molecule has 13 heavy (non-hydrogen) atoms. The van der Waals surface area contributed by atoms with E-state index in [0.29, 0.717) is 18.7 Å². The first-order valence-corrected chi connectivity index (χ1v) is 4.48. The third-order valence-corrected chi connectivity index (χ3v) is 1.32. The number of carbonyl (C=O) groups excluding carboxylic acids is 1. The van der Waals surface area contributed by atoms with Crippen LogP contribution in [0.25, 0.3) is 0 Å². The van der Waals surface area contributed by atoms with Gasteiger partial charge in [0.1, 0.15) is 0 Å². The van der Waals surface area contributed by atoms with Gasteiger partial charge in [0.15, 0.2) is 0 Å². The zero-order chi connectivity index (χ0) is 10.5. The molecule has 0 aromatic heterocycles. The number of hydrogen-bond acceptors (Lipinski definition) is 3. The molecule has 0 spiro atoms. The van der Waals surface area contributed by atoms with Gasteiger partial charge in [-0.3, -0.25) is 0 Å². The molecule has 0 heterocycles. The van der Waals surface area contributed by atoms with Gasteiger partial charge in [-0.25, -0.2) is 4.79 Å². The lowest BCUT2D eigenvalue weighted by atomic mass is 9.90. The van der Waals surface area contributed by atoms with Crippen LogP contribution < -0.4 is 5.73 Å². The summed E-state index contributed by atoms with van der Waals surface area (Å²) in [7, 11) is 0. The molecule has 0 aliphatic rings. The summed E-state index contributed by atoms with van der Waals surface area (Å²) in [5.74, 6) is -0.357. The van der Waals surface area contributed by atoms with Crippen LogP contribution in [0, 0.1) is 5.41 Å². The lowest BCUT2D eigenvalue weighted by Crippen LogP contribution is -2.13. The van der Waals surface area contributed by atoms with Gasteiger partial charge in [0, 0.05) is 11.8 Å². The maximum atomic E-state index is 11.0. The summed E-state index contributed by atoms with van der Waals surface area (Å²) in [5.41, 5.74) is 6.33. The van der Waals surface area contributed by atoms with Crippen molar-refractivity contribution >= 4 is 5.97 Å². The van der Waals surface area contributed by atoms with Crippen molar-refractivity contribution < 1.29 is 9.53 Å². The Morgan fingerprint density at radius 1 is 1.46 bits per heavy atom. The van der Waals surface area contributed by atoms with Crippen molar-refractivity contribution in [2.45, 2.75) is 34.1 Å². The Balaban J connectivity index is 4.09. The first-order chi connectivity index (χ1) is 5.85. The highest BCUT2D eigenvalue weighted by Crippen LogP contribution is 2.21. The molecule has 0 bridgehead atoms. The molecule has 3 nitrogen and oxygen atoms in total. The van der Waals surface area contributed by atoms with Crippen LogP contribution in [0.15, 0.2) is 11.8 Å². The average molecular weight is 185 g/mol. The Morgan fingerprint density at radius 3 is 2.38 bits per heavy atom. The highest BCUT2D eigenvalue weighted by molar-refractivity contribution is 5.82. The fraction of sp³-hybridized carbons (Fsp3) is 0.700. The molecule has 2 N–H and O–H groups in total. The molecule has 0 aromatic rings. The second kappa shape index (κ2) is 4.90. The minimum atomic E-state index is -0.357. The Morgan fingerprint density at radius 2 is 2.00 bits per heavy atom. The van der Waals surface area contributed by atoms with E-state index in [1.807, 2.05) is 0 Å². The summed E-state index contributed by atoms with van der Waals surface area (Å²) in [4.78, 5) is 11.0.